The molecule has 134 valence electrons. The fourth-order valence-electron chi connectivity index (χ4n) is 2.81. The number of nitrogens with one attached hydrogen (secondary N) is 1. The first-order chi connectivity index (χ1) is 11.6. The van der Waals surface area contributed by atoms with E-state index in [9.17, 15) is 4.79 Å². The van der Waals surface area contributed by atoms with Crippen molar-refractivity contribution in [1.29, 1.82) is 0 Å². The predicted octanol–water partition coefficient (Wildman–Crippen LogP) is 1.18. The topological polar surface area (TPSA) is 83.2 Å². The first-order valence-corrected chi connectivity index (χ1v) is 8.35. The van der Waals surface area contributed by atoms with E-state index in [0.717, 1.165) is 49.0 Å². The molecule has 0 aliphatic carbocycles. The molecule has 0 atom stereocenters. The van der Waals surface area contributed by atoms with Gasteiger partial charge >= 0.3 is 6.09 Å². The van der Waals surface area contributed by atoms with Crippen LogP contribution in [-0.2, 0) is 11.2 Å². The highest BCUT2D eigenvalue weighted by molar-refractivity contribution is 5.80. The molecule has 1 fully saturated rings. The van der Waals surface area contributed by atoms with Crippen LogP contribution in [-0.4, -0.2) is 73.4 Å². The molecule has 0 unspecified atom stereocenters. The highest BCUT2D eigenvalue weighted by Gasteiger charge is 2.23. The van der Waals surface area contributed by atoms with Gasteiger partial charge in [-0.2, -0.15) is 0 Å². The van der Waals surface area contributed by atoms with E-state index in [2.05, 4.69) is 20.4 Å². The third-order valence-corrected chi connectivity index (χ3v) is 4.16. The number of piperazine rings is 1. The Balaban J connectivity index is 1.80. The monoisotopic (exact) mass is 337 g/mol. The van der Waals surface area contributed by atoms with Gasteiger partial charge in [0.15, 0.2) is 5.96 Å². The fraction of sp³-hybridized carbons (Fsp3) is 0.688. The maximum Gasteiger partial charge on any atom is 0.409 e. The summed E-state index contributed by atoms with van der Waals surface area (Å²) in [7, 11) is 1.77. The number of guanidine groups is 1. The molecule has 1 N–H and O–H groups in total. The molecule has 0 spiro atoms. The molecule has 1 aromatic rings. The number of hydrogen-bond donors (Lipinski definition) is 1. The summed E-state index contributed by atoms with van der Waals surface area (Å²) in [5.41, 5.74) is 2.08. The molecule has 1 amide bonds. The summed E-state index contributed by atoms with van der Waals surface area (Å²) < 4.78 is 10.2. The van der Waals surface area contributed by atoms with E-state index in [1.54, 1.807) is 11.9 Å². The number of ether oxygens (including phenoxy) is 1. The molecule has 1 aromatic heterocycles. The van der Waals surface area contributed by atoms with Crippen LogP contribution in [0.25, 0.3) is 0 Å². The smallest absolute Gasteiger partial charge is 0.409 e. The lowest BCUT2D eigenvalue weighted by Crippen LogP contribution is -2.54. The van der Waals surface area contributed by atoms with Crippen molar-refractivity contribution >= 4 is 12.1 Å². The van der Waals surface area contributed by atoms with E-state index < -0.39 is 0 Å². The number of hydrogen-bond acceptors (Lipinski definition) is 5. The number of aryl methyl sites for hydroxylation is 2. The minimum atomic E-state index is -0.237. The van der Waals surface area contributed by atoms with Crippen molar-refractivity contribution in [2.45, 2.75) is 27.2 Å². The van der Waals surface area contributed by atoms with Gasteiger partial charge in [0.25, 0.3) is 0 Å². The van der Waals surface area contributed by atoms with Crippen LogP contribution in [0.3, 0.4) is 0 Å². The zero-order valence-corrected chi connectivity index (χ0v) is 15.0. The Morgan fingerprint density at radius 2 is 1.96 bits per heavy atom. The van der Waals surface area contributed by atoms with Crippen molar-refractivity contribution in [3.8, 4) is 0 Å². The average molecular weight is 337 g/mol. The van der Waals surface area contributed by atoms with Crippen LogP contribution < -0.4 is 5.32 Å². The second kappa shape index (κ2) is 8.56. The Hall–Kier alpha value is -2.25. The molecule has 0 aromatic carbocycles. The van der Waals surface area contributed by atoms with Crippen LogP contribution in [0.2, 0.25) is 0 Å². The quantitative estimate of drug-likeness (QED) is 0.656. The molecule has 1 aliphatic rings. The number of rotatable bonds is 4. The molecule has 8 heteroatoms. The van der Waals surface area contributed by atoms with Gasteiger partial charge in [-0.15, -0.1) is 0 Å². The van der Waals surface area contributed by atoms with E-state index in [-0.39, 0.29) is 6.09 Å². The summed E-state index contributed by atoms with van der Waals surface area (Å²) in [6.07, 6.45) is 0.599. The van der Waals surface area contributed by atoms with Gasteiger partial charge in [-0.25, -0.2) is 4.79 Å². The van der Waals surface area contributed by atoms with Crippen LogP contribution in [0.1, 0.15) is 23.9 Å². The highest BCUT2D eigenvalue weighted by atomic mass is 16.6. The maximum atomic E-state index is 11.7. The van der Waals surface area contributed by atoms with Gasteiger partial charge in [0.05, 0.1) is 12.3 Å². The van der Waals surface area contributed by atoms with Crippen LogP contribution in [0.15, 0.2) is 9.52 Å². The molecular formula is C16H27N5O3. The SMILES string of the molecule is CCOC(=O)N1CCN(C(=NC)NCCc2c(C)noc2C)CC1. The van der Waals surface area contributed by atoms with Crippen molar-refractivity contribution in [1.82, 2.24) is 20.3 Å². The Labute approximate surface area is 142 Å². The summed E-state index contributed by atoms with van der Waals surface area (Å²) in [6.45, 7) is 9.63. The van der Waals surface area contributed by atoms with Gasteiger partial charge < -0.3 is 24.4 Å². The molecule has 8 nitrogen and oxygen atoms in total. The Morgan fingerprint density at radius 1 is 1.29 bits per heavy atom. The first kappa shape index (κ1) is 18.1. The first-order valence-electron chi connectivity index (χ1n) is 8.35. The summed E-state index contributed by atoms with van der Waals surface area (Å²) in [4.78, 5) is 20.0. The van der Waals surface area contributed by atoms with E-state index >= 15 is 0 Å². The lowest BCUT2D eigenvalue weighted by atomic mass is 10.1. The Morgan fingerprint density at radius 3 is 2.50 bits per heavy atom. The zero-order chi connectivity index (χ0) is 17.5. The van der Waals surface area contributed by atoms with Crippen molar-refractivity contribution in [2.24, 2.45) is 4.99 Å². The van der Waals surface area contributed by atoms with Gasteiger partial charge in [-0.05, 0) is 27.2 Å². The van der Waals surface area contributed by atoms with Gasteiger partial charge in [-0.1, -0.05) is 5.16 Å². The Bertz CT molecular complexity index is 557. The predicted molar refractivity (Wildman–Crippen MR) is 91.2 cm³/mol. The molecule has 0 bridgehead atoms. The lowest BCUT2D eigenvalue weighted by Gasteiger charge is -2.35. The number of amides is 1. The van der Waals surface area contributed by atoms with E-state index in [0.29, 0.717) is 19.7 Å². The van der Waals surface area contributed by atoms with Gasteiger partial charge in [-0.3, -0.25) is 4.99 Å². The molecule has 0 radical (unpaired) electrons. The third-order valence-electron chi connectivity index (χ3n) is 4.16. The van der Waals surface area contributed by atoms with E-state index in [1.165, 1.54) is 0 Å². The van der Waals surface area contributed by atoms with Crippen molar-refractivity contribution < 1.29 is 14.1 Å². The van der Waals surface area contributed by atoms with E-state index in [1.807, 2.05) is 20.8 Å². The number of aliphatic imine (C=N–C) groups is 1. The van der Waals surface area contributed by atoms with Gasteiger partial charge in [0, 0.05) is 45.3 Å². The molecule has 1 saturated heterocycles. The van der Waals surface area contributed by atoms with Crippen LogP contribution in [0.5, 0.6) is 0 Å². The lowest BCUT2D eigenvalue weighted by molar-refractivity contribution is 0.0915. The number of nitrogens with zero attached hydrogens (tertiary/aromatic N) is 4. The third kappa shape index (κ3) is 4.39. The molecule has 0 saturated carbocycles. The second-order valence-electron chi connectivity index (χ2n) is 5.70. The van der Waals surface area contributed by atoms with Crippen LogP contribution >= 0.6 is 0 Å². The zero-order valence-electron chi connectivity index (χ0n) is 15.0. The Kier molecular flexibility index (Phi) is 6.45. The van der Waals surface area contributed by atoms with Crippen molar-refractivity contribution in [3.05, 3.63) is 17.0 Å². The summed E-state index contributed by atoms with van der Waals surface area (Å²) in [5.74, 6) is 1.72. The number of carbonyl (C=O) groups is 1. The summed E-state index contributed by atoms with van der Waals surface area (Å²) >= 11 is 0. The minimum absolute atomic E-state index is 0.237. The summed E-state index contributed by atoms with van der Waals surface area (Å²) in [5, 5.41) is 7.34. The average Bonchev–Trinajstić information content (AvgIpc) is 2.91. The maximum absolute atomic E-state index is 11.7. The molecule has 2 rings (SSSR count). The fourth-order valence-corrected chi connectivity index (χ4v) is 2.81. The normalized spacial score (nSPS) is 15.6. The number of aromatic nitrogens is 1. The van der Waals surface area contributed by atoms with Gasteiger partial charge in [0.1, 0.15) is 5.76 Å². The molecule has 1 aliphatic heterocycles. The molecule has 24 heavy (non-hydrogen) atoms. The largest absolute Gasteiger partial charge is 0.450 e. The molecule has 2 heterocycles. The van der Waals surface area contributed by atoms with Crippen LogP contribution in [0.4, 0.5) is 4.79 Å². The van der Waals surface area contributed by atoms with Crippen molar-refractivity contribution in [3.63, 3.8) is 0 Å². The van der Waals surface area contributed by atoms with Crippen LogP contribution in [0, 0.1) is 13.8 Å². The summed E-state index contributed by atoms with van der Waals surface area (Å²) in [6, 6.07) is 0. The highest BCUT2D eigenvalue weighted by Crippen LogP contribution is 2.12. The van der Waals surface area contributed by atoms with E-state index in [4.69, 9.17) is 9.26 Å². The second-order valence-corrected chi connectivity index (χ2v) is 5.70. The molecular weight excluding hydrogens is 310 g/mol. The van der Waals surface area contributed by atoms with Crippen molar-refractivity contribution in [2.75, 3.05) is 46.4 Å². The minimum Gasteiger partial charge on any atom is -0.450 e. The standard InChI is InChI=1S/C16H27N5O3/c1-5-23-16(22)21-10-8-20(9-11-21)15(17-4)18-7-6-14-12(2)19-24-13(14)3/h5-11H2,1-4H3,(H,17,18). The number of carbonyl (C=O) groups excluding carboxylic acids is 1. The van der Waals surface area contributed by atoms with Gasteiger partial charge in [0.2, 0.25) is 0 Å².